The number of aryl methyl sites for hydroxylation is 1. The van der Waals surface area contributed by atoms with Crippen LogP contribution in [0.15, 0.2) is 71.2 Å². The number of hydrogen-bond donors (Lipinski definition) is 0. The van der Waals surface area contributed by atoms with E-state index in [1.165, 1.54) is 24.2 Å². The Kier molecular flexibility index (Phi) is 5.40. The minimum absolute atomic E-state index is 0.170. The lowest BCUT2D eigenvalue weighted by molar-refractivity contribution is -0.385. The van der Waals surface area contributed by atoms with E-state index in [2.05, 4.69) is 20.2 Å². The monoisotopic (exact) mass is 420 g/mol. The van der Waals surface area contributed by atoms with Gasteiger partial charge in [0.1, 0.15) is 18.1 Å². The third-order valence-corrected chi connectivity index (χ3v) is 5.09. The summed E-state index contributed by atoms with van der Waals surface area (Å²) in [6.07, 6.45) is 2.34. The van der Waals surface area contributed by atoms with Gasteiger partial charge in [-0.1, -0.05) is 23.8 Å². The zero-order chi connectivity index (χ0) is 21.1. The summed E-state index contributed by atoms with van der Waals surface area (Å²) in [5.41, 5.74) is 2.68. The molecule has 0 aliphatic heterocycles. The molecule has 30 heavy (non-hydrogen) atoms. The van der Waals surface area contributed by atoms with Crippen LogP contribution in [0, 0.1) is 17.0 Å². The van der Waals surface area contributed by atoms with E-state index in [0.717, 1.165) is 22.6 Å². The molecule has 0 aliphatic carbocycles. The molecule has 2 heterocycles. The molecular formula is C20H16N6O3S. The highest BCUT2D eigenvalue weighted by Crippen LogP contribution is 2.31. The maximum atomic E-state index is 10.8. The number of aromatic nitrogens is 5. The Morgan fingerprint density at radius 1 is 1.07 bits per heavy atom. The molecule has 0 aliphatic rings. The van der Waals surface area contributed by atoms with E-state index in [1.807, 2.05) is 60.0 Å². The lowest BCUT2D eigenvalue weighted by atomic mass is 10.1. The van der Waals surface area contributed by atoms with Crippen molar-refractivity contribution in [3.63, 3.8) is 0 Å². The van der Waals surface area contributed by atoms with Gasteiger partial charge in [-0.05, 0) is 49.0 Å². The number of methoxy groups -OCH3 is 1. The number of benzene rings is 2. The second kappa shape index (κ2) is 8.29. The molecule has 0 N–H and O–H groups in total. The van der Waals surface area contributed by atoms with Gasteiger partial charge in [0.25, 0.3) is 0 Å². The SMILES string of the molecule is COc1ccc(-n2c(Sc3ncc([N+](=O)[O-])cn3)nnc2-c2cccc(C)c2)cc1. The predicted molar refractivity (Wildman–Crippen MR) is 111 cm³/mol. The van der Waals surface area contributed by atoms with E-state index in [4.69, 9.17) is 4.74 Å². The topological polar surface area (TPSA) is 109 Å². The Balaban J connectivity index is 1.78. The first-order valence-electron chi connectivity index (χ1n) is 8.86. The largest absolute Gasteiger partial charge is 0.497 e. The van der Waals surface area contributed by atoms with E-state index in [1.54, 1.807) is 7.11 Å². The van der Waals surface area contributed by atoms with Crippen molar-refractivity contribution in [3.05, 3.63) is 76.6 Å². The van der Waals surface area contributed by atoms with Crippen LogP contribution >= 0.6 is 11.8 Å². The lowest BCUT2D eigenvalue weighted by Crippen LogP contribution is -2.00. The van der Waals surface area contributed by atoms with Crippen molar-refractivity contribution in [2.75, 3.05) is 7.11 Å². The van der Waals surface area contributed by atoms with Gasteiger partial charge in [-0.25, -0.2) is 9.97 Å². The van der Waals surface area contributed by atoms with Crippen molar-refractivity contribution in [1.29, 1.82) is 0 Å². The minimum Gasteiger partial charge on any atom is -0.497 e. The maximum Gasteiger partial charge on any atom is 0.305 e. The fourth-order valence-electron chi connectivity index (χ4n) is 2.81. The molecule has 150 valence electrons. The molecule has 2 aromatic carbocycles. The van der Waals surface area contributed by atoms with E-state index in [-0.39, 0.29) is 5.69 Å². The Bertz CT molecular complexity index is 1190. The summed E-state index contributed by atoms with van der Waals surface area (Å²) >= 11 is 1.17. The average Bonchev–Trinajstić information content (AvgIpc) is 3.17. The fraction of sp³-hybridized carbons (Fsp3) is 0.100. The van der Waals surface area contributed by atoms with Crippen LogP contribution in [-0.4, -0.2) is 36.8 Å². The molecule has 0 bridgehead atoms. The average molecular weight is 420 g/mol. The first-order chi connectivity index (χ1) is 14.5. The van der Waals surface area contributed by atoms with E-state index >= 15 is 0 Å². The van der Waals surface area contributed by atoms with Crippen LogP contribution in [-0.2, 0) is 0 Å². The van der Waals surface area contributed by atoms with Gasteiger partial charge in [-0.3, -0.25) is 14.7 Å². The third-order valence-electron chi connectivity index (χ3n) is 4.25. The number of rotatable bonds is 6. The molecule has 0 saturated heterocycles. The standard InChI is InChI=1S/C20H16N6O3S/c1-13-4-3-5-14(10-13)18-23-24-20(25(18)15-6-8-17(29-2)9-7-15)30-19-21-11-16(12-22-19)26(27)28/h3-12H,1-2H3. The highest BCUT2D eigenvalue weighted by atomic mass is 32.2. The van der Waals surface area contributed by atoms with Crippen LogP contribution in [0.2, 0.25) is 0 Å². The maximum absolute atomic E-state index is 10.8. The first-order valence-corrected chi connectivity index (χ1v) is 9.68. The van der Waals surface area contributed by atoms with Crippen LogP contribution in [0.4, 0.5) is 5.69 Å². The van der Waals surface area contributed by atoms with Crippen molar-refractivity contribution in [2.45, 2.75) is 17.2 Å². The van der Waals surface area contributed by atoms with E-state index < -0.39 is 4.92 Å². The van der Waals surface area contributed by atoms with Crippen LogP contribution in [0.1, 0.15) is 5.56 Å². The van der Waals surface area contributed by atoms with Gasteiger partial charge in [0, 0.05) is 5.56 Å². The molecule has 0 fully saturated rings. The van der Waals surface area contributed by atoms with Gasteiger partial charge in [0.2, 0.25) is 5.16 Å². The second-order valence-electron chi connectivity index (χ2n) is 6.29. The molecule has 0 spiro atoms. The summed E-state index contributed by atoms with van der Waals surface area (Å²) in [5.74, 6) is 1.39. The molecule has 4 rings (SSSR count). The van der Waals surface area contributed by atoms with Crippen molar-refractivity contribution in [3.8, 4) is 22.8 Å². The van der Waals surface area contributed by atoms with E-state index in [9.17, 15) is 10.1 Å². The van der Waals surface area contributed by atoms with Crippen LogP contribution in [0.3, 0.4) is 0 Å². The van der Waals surface area contributed by atoms with Crippen molar-refractivity contribution in [2.24, 2.45) is 0 Å². The minimum atomic E-state index is -0.538. The molecule has 0 unspecified atom stereocenters. The Morgan fingerprint density at radius 3 is 2.43 bits per heavy atom. The van der Waals surface area contributed by atoms with Gasteiger partial charge >= 0.3 is 5.69 Å². The molecule has 0 amide bonds. The Hall–Kier alpha value is -3.79. The number of ether oxygens (including phenoxy) is 1. The van der Waals surface area contributed by atoms with Gasteiger partial charge in [-0.15, -0.1) is 10.2 Å². The smallest absolute Gasteiger partial charge is 0.305 e. The summed E-state index contributed by atoms with van der Waals surface area (Å²) in [6.45, 7) is 2.01. The zero-order valence-electron chi connectivity index (χ0n) is 16.1. The zero-order valence-corrected chi connectivity index (χ0v) is 16.9. The number of nitro groups is 1. The molecule has 9 nitrogen and oxygen atoms in total. The van der Waals surface area contributed by atoms with E-state index in [0.29, 0.717) is 16.1 Å². The van der Waals surface area contributed by atoms with Crippen molar-refractivity contribution < 1.29 is 9.66 Å². The van der Waals surface area contributed by atoms with Gasteiger partial charge < -0.3 is 4.74 Å². The highest BCUT2D eigenvalue weighted by Gasteiger charge is 2.18. The summed E-state index contributed by atoms with van der Waals surface area (Å²) in [6, 6.07) is 15.5. The second-order valence-corrected chi connectivity index (χ2v) is 7.23. The van der Waals surface area contributed by atoms with Crippen LogP contribution in [0.5, 0.6) is 5.75 Å². The van der Waals surface area contributed by atoms with Crippen LogP contribution < -0.4 is 4.74 Å². The Labute approximate surface area is 175 Å². The number of nitrogens with zero attached hydrogens (tertiary/aromatic N) is 6. The third kappa shape index (κ3) is 3.98. The summed E-state index contributed by atoms with van der Waals surface area (Å²) in [7, 11) is 1.61. The molecule has 0 radical (unpaired) electrons. The van der Waals surface area contributed by atoms with Gasteiger partial charge in [0.05, 0.1) is 17.7 Å². The molecule has 0 saturated carbocycles. The fourth-order valence-corrected chi connectivity index (χ4v) is 3.55. The number of hydrogen-bond acceptors (Lipinski definition) is 8. The summed E-state index contributed by atoms with van der Waals surface area (Å²) in [4.78, 5) is 18.4. The van der Waals surface area contributed by atoms with Crippen LogP contribution in [0.25, 0.3) is 17.1 Å². The van der Waals surface area contributed by atoms with Crippen molar-refractivity contribution >= 4 is 17.4 Å². The van der Waals surface area contributed by atoms with Crippen molar-refractivity contribution in [1.82, 2.24) is 24.7 Å². The summed E-state index contributed by atoms with van der Waals surface area (Å²) < 4.78 is 7.15. The molecule has 0 atom stereocenters. The lowest BCUT2D eigenvalue weighted by Gasteiger charge is -2.11. The first kappa shape index (κ1) is 19.5. The summed E-state index contributed by atoms with van der Waals surface area (Å²) in [5, 5.41) is 20.4. The van der Waals surface area contributed by atoms with Gasteiger partial charge in [-0.2, -0.15) is 0 Å². The predicted octanol–water partition coefficient (Wildman–Crippen LogP) is 4.10. The molecule has 4 aromatic rings. The van der Waals surface area contributed by atoms with Gasteiger partial charge in [0.15, 0.2) is 11.0 Å². The highest BCUT2D eigenvalue weighted by molar-refractivity contribution is 7.99. The molecular weight excluding hydrogens is 404 g/mol. The Morgan fingerprint density at radius 2 is 1.80 bits per heavy atom. The molecule has 10 heteroatoms. The molecule has 2 aromatic heterocycles. The quantitative estimate of drug-likeness (QED) is 0.261. The normalized spacial score (nSPS) is 10.7.